The molecule has 392 valence electrons. The van der Waals surface area contributed by atoms with Gasteiger partial charge in [-0.25, -0.2) is 0 Å². The first-order chi connectivity index (χ1) is 32.5. The number of quaternary nitrogens is 1. The molecule has 0 aromatic rings. The van der Waals surface area contributed by atoms with Crippen molar-refractivity contribution in [1.29, 1.82) is 0 Å². The number of aliphatic hydroxyl groups excluding tert-OH is 1. The molecular formula is C58H109N2O6P. The van der Waals surface area contributed by atoms with Crippen LogP contribution in [0.15, 0.2) is 60.8 Å². The van der Waals surface area contributed by atoms with Crippen LogP contribution in [-0.4, -0.2) is 68.5 Å². The van der Waals surface area contributed by atoms with E-state index in [4.69, 9.17) is 9.05 Å². The van der Waals surface area contributed by atoms with Crippen LogP contribution >= 0.6 is 7.82 Å². The van der Waals surface area contributed by atoms with Crippen molar-refractivity contribution in [2.45, 2.75) is 264 Å². The summed E-state index contributed by atoms with van der Waals surface area (Å²) in [5.74, 6) is -0.219. The summed E-state index contributed by atoms with van der Waals surface area (Å²) < 4.78 is 23.3. The first-order valence-electron chi connectivity index (χ1n) is 28.2. The van der Waals surface area contributed by atoms with Gasteiger partial charge in [-0.05, 0) is 77.0 Å². The molecule has 0 aromatic carbocycles. The molecule has 0 aliphatic rings. The van der Waals surface area contributed by atoms with E-state index in [0.717, 1.165) is 64.2 Å². The third kappa shape index (κ3) is 51.9. The topological polar surface area (TPSA) is 108 Å². The van der Waals surface area contributed by atoms with E-state index in [1.165, 1.54) is 167 Å². The smallest absolute Gasteiger partial charge is 0.268 e. The van der Waals surface area contributed by atoms with E-state index >= 15 is 0 Å². The van der Waals surface area contributed by atoms with E-state index in [9.17, 15) is 19.4 Å². The molecule has 0 heterocycles. The number of nitrogens with one attached hydrogen (secondary N) is 1. The molecule has 2 N–H and O–H groups in total. The standard InChI is InChI=1S/C58H109N2O6P/c1-6-8-10-12-14-16-18-20-22-24-26-27-28-29-30-31-32-33-34-35-37-39-41-43-45-47-49-51-57(61)56(55-66-67(63,64)65-54-53-60(3,4)5)59-58(62)52-50-48-46-44-42-40-38-36-25-23-21-19-17-15-13-11-9-7-2/h17,19,23,25,34-35,41,43,49,51,56-57,61H,6-16,18,20-22,24,26-33,36-40,42,44-48,50,52-55H2,1-5H3,(H-,59,62,63,64)/b19-17-,25-23-,35-34+,43-41+,51-49+. The summed E-state index contributed by atoms with van der Waals surface area (Å²) in [6.45, 7) is 4.61. The number of allylic oxidation sites excluding steroid dienone is 9. The van der Waals surface area contributed by atoms with Gasteiger partial charge in [0.25, 0.3) is 7.82 Å². The number of hydrogen-bond acceptors (Lipinski definition) is 6. The number of phosphoric acid groups is 1. The summed E-state index contributed by atoms with van der Waals surface area (Å²) in [5, 5.41) is 13.8. The third-order valence-electron chi connectivity index (χ3n) is 12.4. The lowest BCUT2D eigenvalue weighted by Gasteiger charge is -2.29. The zero-order chi connectivity index (χ0) is 49.2. The highest BCUT2D eigenvalue weighted by molar-refractivity contribution is 7.45. The summed E-state index contributed by atoms with van der Waals surface area (Å²) >= 11 is 0. The van der Waals surface area contributed by atoms with E-state index in [-0.39, 0.29) is 12.5 Å². The molecule has 67 heavy (non-hydrogen) atoms. The first-order valence-corrected chi connectivity index (χ1v) is 29.6. The van der Waals surface area contributed by atoms with Crippen molar-refractivity contribution in [3.05, 3.63) is 60.8 Å². The van der Waals surface area contributed by atoms with E-state index in [1.54, 1.807) is 6.08 Å². The van der Waals surface area contributed by atoms with Gasteiger partial charge in [0, 0.05) is 6.42 Å². The summed E-state index contributed by atoms with van der Waals surface area (Å²) in [6, 6.07) is -0.917. The molecular weight excluding hydrogens is 852 g/mol. The second-order valence-electron chi connectivity index (χ2n) is 20.3. The highest BCUT2D eigenvalue weighted by Gasteiger charge is 2.23. The minimum atomic E-state index is -4.61. The van der Waals surface area contributed by atoms with E-state index in [2.05, 4.69) is 67.8 Å². The second-order valence-corrected chi connectivity index (χ2v) is 21.7. The van der Waals surface area contributed by atoms with Crippen LogP contribution in [0.5, 0.6) is 0 Å². The van der Waals surface area contributed by atoms with E-state index in [0.29, 0.717) is 17.4 Å². The van der Waals surface area contributed by atoms with Crippen LogP contribution in [0.4, 0.5) is 0 Å². The quantitative estimate of drug-likeness (QED) is 0.0272. The van der Waals surface area contributed by atoms with Gasteiger partial charge in [-0.3, -0.25) is 9.36 Å². The van der Waals surface area contributed by atoms with Crippen LogP contribution in [0.3, 0.4) is 0 Å². The molecule has 0 spiro atoms. The average molecular weight is 961 g/mol. The van der Waals surface area contributed by atoms with Crippen molar-refractivity contribution in [2.75, 3.05) is 40.9 Å². The number of hydrogen-bond donors (Lipinski definition) is 2. The molecule has 3 unspecified atom stereocenters. The fourth-order valence-corrected chi connectivity index (χ4v) is 8.70. The molecule has 0 fully saturated rings. The second kappa shape index (κ2) is 49.2. The van der Waals surface area contributed by atoms with Crippen molar-refractivity contribution in [2.24, 2.45) is 0 Å². The Kier molecular flexibility index (Phi) is 47.9. The monoisotopic (exact) mass is 961 g/mol. The average Bonchev–Trinajstić information content (AvgIpc) is 3.29. The zero-order valence-corrected chi connectivity index (χ0v) is 45.5. The molecule has 0 saturated carbocycles. The van der Waals surface area contributed by atoms with Gasteiger partial charge in [0.2, 0.25) is 5.91 Å². The van der Waals surface area contributed by atoms with Crippen LogP contribution in [0, 0.1) is 0 Å². The number of amides is 1. The molecule has 8 nitrogen and oxygen atoms in total. The summed E-state index contributed by atoms with van der Waals surface area (Å²) in [7, 11) is 1.23. The summed E-state index contributed by atoms with van der Waals surface area (Å²) in [4.78, 5) is 25.4. The van der Waals surface area contributed by atoms with Gasteiger partial charge in [-0.15, -0.1) is 0 Å². The summed E-state index contributed by atoms with van der Waals surface area (Å²) in [5.41, 5.74) is 0. The Morgan fingerprint density at radius 3 is 1.31 bits per heavy atom. The predicted octanol–water partition coefficient (Wildman–Crippen LogP) is 16.3. The Morgan fingerprint density at radius 1 is 0.522 bits per heavy atom. The van der Waals surface area contributed by atoms with Gasteiger partial charge in [-0.1, -0.05) is 229 Å². The molecule has 0 aliphatic carbocycles. The number of carbonyl (C=O) groups is 1. The van der Waals surface area contributed by atoms with Crippen LogP contribution in [0.2, 0.25) is 0 Å². The highest BCUT2D eigenvalue weighted by atomic mass is 31.2. The lowest BCUT2D eigenvalue weighted by Crippen LogP contribution is -2.45. The lowest BCUT2D eigenvalue weighted by atomic mass is 10.0. The van der Waals surface area contributed by atoms with E-state index < -0.39 is 26.6 Å². The van der Waals surface area contributed by atoms with Crippen molar-refractivity contribution >= 4 is 13.7 Å². The number of nitrogens with zero attached hydrogens (tertiary/aromatic N) is 1. The van der Waals surface area contributed by atoms with Crippen molar-refractivity contribution in [1.82, 2.24) is 5.32 Å². The zero-order valence-electron chi connectivity index (χ0n) is 44.6. The maximum Gasteiger partial charge on any atom is 0.268 e. The van der Waals surface area contributed by atoms with Gasteiger partial charge in [-0.2, -0.15) is 0 Å². The third-order valence-corrected chi connectivity index (χ3v) is 13.4. The van der Waals surface area contributed by atoms with Crippen LogP contribution in [0.25, 0.3) is 0 Å². The number of likely N-dealkylation sites (N-methyl/N-ethyl adjacent to an activating group) is 1. The van der Waals surface area contributed by atoms with Crippen molar-refractivity contribution < 1.29 is 32.9 Å². The maximum atomic E-state index is 12.9. The fraction of sp³-hybridized carbons (Fsp3) is 0.810. The van der Waals surface area contributed by atoms with Gasteiger partial charge in [0.15, 0.2) is 0 Å². The van der Waals surface area contributed by atoms with Crippen molar-refractivity contribution in [3.8, 4) is 0 Å². The Hall–Kier alpha value is -1.80. The largest absolute Gasteiger partial charge is 0.756 e. The number of unbranched alkanes of at least 4 members (excludes halogenated alkanes) is 30. The Morgan fingerprint density at radius 2 is 0.881 bits per heavy atom. The molecule has 0 saturated heterocycles. The number of aliphatic hydroxyl groups is 1. The summed E-state index contributed by atoms with van der Waals surface area (Å²) in [6.07, 6.45) is 65.9. The Labute approximate surface area is 415 Å². The fourth-order valence-electron chi connectivity index (χ4n) is 7.98. The number of carbonyl (C=O) groups excluding carboxylic acids is 1. The highest BCUT2D eigenvalue weighted by Crippen LogP contribution is 2.38. The minimum Gasteiger partial charge on any atom is -0.756 e. The van der Waals surface area contributed by atoms with Crippen LogP contribution < -0.4 is 10.2 Å². The van der Waals surface area contributed by atoms with Gasteiger partial charge >= 0.3 is 0 Å². The Bertz CT molecular complexity index is 1270. The van der Waals surface area contributed by atoms with Gasteiger partial charge in [0.05, 0.1) is 39.9 Å². The predicted molar refractivity (Wildman–Crippen MR) is 288 cm³/mol. The number of phosphoric ester groups is 1. The molecule has 0 aliphatic heterocycles. The molecule has 0 radical (unpaired) electrons. The first kappa shape index (κ1) is 65.2. The molecule has 3 atom stereocenters. The normalized spacial score (nSPS) is 14.4. The van der Waals surface area contributed by atoms with Crippen LogP contribution in [-0.2, 0) is 18.4 Å². The number of rotatable bonds is 51. The lowest BCUT2D eigenvalue weighted by molar-refractivity contribution is -0.870. The Balaban J connectivity index is 4.31. The molecule has 1 amide bonds. The molecule has 0 bridgehead atoms. The maximum absolute atomic E-state index is 12.9. The molecule has 0 rings (SSSR count). The van der Waals surface area contributed by atoms with Gasteiger partial charge in [0.1, 0.15) is 13.2 Å². The minimum absolute atomic E-state index is 0.0125. The van der Waals surface area contributed by atoms with Crippen LogP contribution in [0.1, 0.15) is 251 Å². The SMILES string of the molecule is CCCCCC/C=C\C/C=C\CCCCCCCCCC(=O)NC(COP(=O)([O-])OCC[N+](C)(C)C)C(O)/C=C/CC/C=C/CC/C=C/CCCCCCCCCCCCCCCCCCC. The molecule has 0 aromatic heterocycles. The van der Waals surface area contributed by atoms with E-state index in [1.807, 2.05) is 27.2 Å². The van der Waals surface area contributed by atoms with Crippen molar-refractivity contribution in [3.63, 3.8) is 0 Å². The molecule has 9 heteroatoms. The van der Waals surface area contributed by atoms with Gasteiger partial charge < -0.3 is 28.8 Å².